The fourth-order valence-electron chi connectivity index (χ4n) is 2.83. The van der Waals surface area contributed by atoms with Crippen molar-refractivity contribution in [2.24, 2.45) is 0 Å². The summed E-state index contributed by atoms with van der Waals surface area (Å²) in [5.74, 6) is 0.201. The minimum atomic E-state index is -0.504. The molecular weight excluding hydrogens is 358 g/mol. The van der Waals surface area contributed by atoms with Gasteiger partial charge < -0.3 is 19.1 Å². The smallest absolute Gasteiger partial charge is 0.328 e. The lowest BCUT2D eigenvalue weighted by atomic mass is 10.2. The van der Waals surface area contributed by atoms with Gasteiger partial charge in [-0.3, -0.25) is 4.79 Å². The second-order valence-electron chi connectivity index (χ2n) is 6.58. The van der Waals surface area contributed by atoms with Crippen LogP contribution >= 0.6 is 0 Å². The number of anilines is 1. The Balaban J connectivity index is 2.76. The topological polar surface area (TPSA) is 65.1 Å². The number of hydrogen-bond acceptors (Lipinski definition) is 6. The lowest BCUT2D eigenvalue weighted by Gasteiger charge is -2.29. The Morgan fingerprint density at radius 3 is 2.25 bits per heavy atom. The largest absolute Gasteiger partial charge is 0.494 e. The average molecular weight is 394 g/mol. The van der Waals surface area contributed by atoms with E-state index in [0.717, 1.165) is 17.9 Å². The summed E-state index contributed by atoms with van der Waals surface area (Å²) >= 11 is 0. The molecule has 1 atom stereocenters. The summed E-state index contributed by atoms with van der Waals surface area (Å²) in [5.41, 5.74) is 0.836. The maximum atomic E-state index is 12.2. The van der Waals surface area contributed by atoms with Gasteiger partial charge in [-0.15, -0.1) is 0 Å². The lowest BCUT2D eigenvalue weighted by molar-refractivity contribution is -0.145. The van der Waals surface area contributed by atoms with Crippen molar-refractivity contribution in [1.29, 1.82) is 0 Å². The van der Waals surface area contributed by atoms with Gasteiger partial charge in [-0.05, 0) is 51.5 Å². The zero-order valence-corrected chi connectivity index (χ0v) is 17.7. The first-order valence-corrected chi connectivity index (χ1v) is 10.3. The zero-order chi connectivity index (χ0) is 20.8. The number of rotatable bonds is 14. The van der Waals surface area contributed by atoms with Gasteiger partial charge in [-0.25, -0.2) is 4.79 Å². The second kappa shape index (κ2) is 13.9. The molecular formula is C22H35NO5. The van der Waals surface area contributed by atoms with Crippen molar-refractivity contribution < 1.29 is 23.8 Å². The fourth-order valence-corrected chi connectivity index (χ4v) is 2.83. The van der Waals surface area contributed by atoms with Crippen LogP contribution in [0.4, 0.5) is 5.69 Å². The first-order valence-electron chi connectivity index (χ1n) is 10.3. The molecule has 28 heavy (non-hydrogen) atoms. The van der Waals surface area contributed by atoms with Gasteiger partial charge in [0.25, 0.3) is 0 Å². The maximum absolute atomic E-state index is 12.2. The van der Waals surface area contributed by atoms with Crippen LogP contribution in [0.15, 0.2) is 24.3 Å². The quantitative estimate of drug-likeness (QED) is 0.346. The van der Waals surface area contributed by atoms with Gasteiger partial charge in [0.15, 0.2) is 0 Å². The molecule has 0 amide bonds. The predicted molar refractivity (Wildman–Crippen MR) is 111 cm³/mol. The summed E-state index contributed by atoms with van der Waals surface area (Å²) in [6, 6.07) is 7.09. The van der Waals surface area contributed by atoms with E-state index >= 15 is 0 Å². The molecule has 0 saturated carbocycles. The van der Waals surface area contributed by atoms with E-state index < -0.39 is 6.04 Å². The summed E-state index contributed by atoms with van der Waals surface area (Å²) in [6.45, 7) is 9.25. The van der Waals surface area contributed by atoms with Crippen LogP contribution in [0.5, 0.6) is 5.75 Å². The van der Waals surface area contributed by atoms with Crippen LogP contribution in [0.2, 0.25) is 0 Å². The Kier molecular flexibility index (Phi) is 11.8. The van der Waals surface area contributed by atoms with Crippen LogP contribution in [0, 0.1) is 0 Å². The van der Waals surface area contributed by atoms with Crippen LogP contribution < -0.4 is 9.64 Å². The standard InChI is InChI=1S/C22H35NO5/c1-5-8-9-10-17-28-20-13-11-19(12-14-20)23(16-15-21(24)26-6-2)18(4)22(25)27-7-3/h11-14,18H,5-10,15-17H2,1-4H3. The van der Waals surface area contributed by atoms with E-state index in [-0.39, 0.29) is 18.4 Å². The van der Waals surface area contributed by atoms with Gasteiger partial charge in [-0.2, -0.15) is 0 Å². The number of hydrogen-bond donors (Lipinski definition) is 0. The van der Waals surface area contributed by atoms with Crippen molar-refractivity contribution in [3.05, 3.63) is 24.3 Å². The molecule has 0 aromatic heterocycles. The predicted octanol–water partition coefficient (Wildman–Crippen LogP) is 4.36. The summed E-state index contributed by atoms with van der Waals surface area (Å²) < 4.78 is 15.9. The molecule has 0 bridgehead atoms. The van der Waals surface area contributed by atoms with Crippen LogP contribution in [-0.4, -0.2) is 44.3 Å². The molecule has 0 heterocycles. The summed E-state index contributed by atoms with van der Waals surface area (Å²) in [6.07, 6.45) is 4.85. The minimum Gasteiger partial charge on any atom is -0.494 e. The Morgan fingerprint density at radius 1 is 0.964 bits per heavy atom. The Morgan fingerprint density at radius 2 is 1.64 bits per heavy atom. The SMILES string of the molecule is CCCCCCOc1ccc(N(CCC(=O)OCC)C(C)C(=O)OCC)cc1. The number of carbonyl (C=O) groups is 2. The van der Waals surface area contributed by atoms with Crippen LogP contribution in [0.1, 0.15) is 59.8 Å². The third-order valence-electron chi connectivity index (χ3n) is 4.39. The van der Waals surface area contributed by atoms with Crippen molar-refractivity contribution >= 4 is 17.6 Å². The molecule has 6 nitrogen and oxygen atoms in total. The third-order valence-corrected chi connectivity index (χ3v) is 4.39. The van der Waals surface area contributed by atoms with Gasteiger partial charge in [0.2, 0.25) is 0 Å². The van der Waals surface area contributed by atoms with Gasteiger partial charge in [0.1, 0.15) is 11.8 Å². The van der Waals surface area contributed by atoms with Crippen LogP contribution in [0.25, 0.3) is 0 Å². The molecule has 0 saturated heterocycles. The maximum Gasteiger partial charge on any atom is 0.328 e. The Labute approximate surface area is 169 Å². The molecule has 0 fully saturated rings. The number of ether oxygens (including phenoxy) is 3. The van der Waals surface area contributed by atoms with Gasteiger partial charge >= 0.3 is 11.9 Å². The van der Waals surface area contributed by atoms with Crippen molar-refractivity contribution in [3.63, 3.8) is 0 Å². The normalized spacial score (nSPS) is 11.6. The Bertz CT molecular complexity index is 573. The molecule has 1 unspecified atom stereocenters. The minimum absolute atomic E-state index is 0.202. The third kappa shape index (κ3) is 8.63. The van der Waals surface area contributed by atoms with Gasteiger partial charge in [0.05, 0.1) is 26.2 Å². The molecule has 1 aromatic rings. The first kappa shape index (κ1) is 23.8. The molecule has 0 aliphatic rings. The van der Waals surface area contributed by atoms with E-state index in [9.17, 15) is 9.59 Å². The van der Waals surface area contributed by atoms with Crippen molar-refractivity contribution in [1.82, 2.24) is 0 Å². The molecule has 158 valence electrons. The van der Waals surface area contributed by atoms with E-state index in [1.807, 2.05) is 29.2 Å². The van der Waals surface area contributed by atoms with Crippen molar-refractivity contribution in [2.75, 3.05) is 31.3 Å². The number of esters is 2. The molecule has 0 aliphatic carbocycles. The molecule has 1 rings (SSSR count). The van der Waals surface area contributed by atoms with Crippen LogP contribution in [0.3, 0.4) is 0 Å². The second-order valence-corrected chi connectivity index (χ2v) is 6.58. The van der Waals surface area contributed by atoms with Gasteiger partial charge in [0, 0.05) is 12.2 Å². The zero-order valence-electron chi connectivity index (χ0n) is 17.7. The molecule has 0 aliphatic heterocycles. The molecule has 0 radical (unpaired) electrons. The summed E-state index contributed by atoms with van der Waals surface area (Å²) in [5, 5.41) is 0. The van der Waals surface area contributed by atoms with Crippen LogP contribution in [-0.2, 0) is 19.1 Å². The molecule has 0 spiro atoms. The van der Waals surface area contributed by atoms with Crippen molar-refractivity contribution in [2.45, 2.75) is 65.8 Å². The summed E-state index contributed by atoms with van der Waals surface area (Å²) in [7, 11) is 0. The molecule has 6 heteroatoms. The van der Waals surface area contributed by atoms with E-state index in [0.29, 0.717) is 26.4 Å². The number of nitrogens with zero attached hydrogens (tertiary/aromatic N) is 1. The van der Waals surface area contributed by atoms with Gasteiger partial charge in [-0.1, -0.05) is 26.2 Å². The average Bonchev–Trinajstić information content (AvgIpc) is 2.69. The van der Waals surface area contributed by atoms with E-state index in [1.165, 1.54) is 19.3 Å². The van der Waals surface area contributed by atoms with E-state index in [1.54, 1.807) is 20.8 Å². The number of carbonyl (C=O) groups excluding carboxylic acids is 2. The van der Waals surface area contributed by atoms with E-state index in [4.69, 9.17) is 14.2 Å². The fraction of sp³-hybridized carbons (Fsp3) is 0.636. The van der Waals surface area contributed by atoms with E-state index in [2.05, 4.69) is 6.92 Å². The highest BCUT2D eigenvalue weighted by molar-refractivity contribution is 5.80. The monoisotopic (exact) mass is 393 g/mol. The number of benzene rings is 1. The summed E-state index contributed by atoms with van der Waals surface area (Å²) in [4.78, 5) is 25.8. The highest BCUT2D eigenvalue weighted by Crippen LogP contribution is 2.22. The Hall–Kier alpha value is -2.24. The first-order chi connectivity index (χ1) is 13.5. The molecule has 1 aromatic carbocycles. The number of unbranched alkanes of at least 4 members (excludes halogenated alkanes) is 3. The highest BCUT2D eigenvalue weighted by atomic mass is 16.5. The van der Waals surface area contributed by atoms with Crippen molar-refractivity contribution in [3.8, 4) is 5.75 Å². The lowest BCUT2D eigenvalue weighted by Crippen LogP contribution is -2.41. The highest BCUT2D eigenvalue weighted by Gasteiger charge is 2.23. The molecule has 0 N–H and O–H groups in total.